The number of unbranched alkanes of at least 4 members (excludes halogenated alkanes) is 1. The number of rotatable bonds is 5. The third-order valence-corrected chi connectivity index (χ3v) is 2.13. The third kappa shape index (κ3) is 2.80. The van der Waals surface area contributed by atoms with E-state index in [9.17, 15) is 0 Å². The molecular formula is C9H18O2. The molecule has 1 fully saturated rings. The Bertz CT molecular complexity index is 104. The molecule has 0 amide bonds. The van der Waals surface area contributed by atoms with E-state index in [0.717, 1.165) is 19.8 Å². The fourth-order valence-corrected chi connectivity index (χ4v) is 1.08. The van der Waals surface area contributed by atoms with Gasteiger partial charge in [0.1, 0.15) is 0 Å². The maximum atomic E-state index is 5.42. The lowest BCUT2D eigenvalue weighted by Crippen LogP contribution is -2.41. The van der Waals surface area contributed by atoms with E-state index in [0.29, 0.717) is 12.0 Å². The highest BCUT2D eigenvalue weighted by molar-refractivity contribution is 4.73. The van der Waals surface area contributed by atoms with Gasteiger partial charge in [-0.05, 0) is 6.42 Å². The number of hydrogen-bond donors (Lipinski definition) is 0. The van der Waals surface area contributed by atoms with Crippen LogP contribution in [0.1, 0.15) is 26.7 Å². The Morgan fingerprint density at radius 2 is 2.36 bits per heavy atom. The second kappa shape index (κ2) is 4.73. The molecule has 0 N–H and O–H groups in total. The summed E-state index contributed by atoms with van der Waals surface area (Å²) in [6.07, 6.45) is 2.76. The molecule has 0 aromatic rings. The van der Waals surface area contributed by atoms with Crippen molar-refractivity contribution in [2.24, 2.45) is 5.92 Å². The highest BCUT2D eigenvalue weighted by Gasteiger charge is 2.27. The molecule has 66 valence electrons. The molecule has 1 heterocycles. The van der Waals surface area contributed by atoms with E-state index in [-0.39, 0.29) is 0 Å². The average molecular weight is 158 g/mol. The van der Waals surface area contributed by atoms with E-state index >= 15 is 0 Å². The average Bonchev–Trinajstić information content (AvgIpc) is 2.02. The Hall–Kier alpha value is -0.0800. The zero-order chi connectivity index (χ0) is 8.10. The Balaban J connectivity index is 1.87. The van der Waals surface area contributed by atoms with Gasteiger partial charge < -0.3 is 9.47 Å². The summed E-state index contributed by atoms with van der Waals surface area (Å²) in [5, 5.41) is 0. The largest absolute Gasteiger partial charge is 0.379 e. The summed E-state index contributed by atoms with van der Waals surface area (Å²) in [4.78, 5) is 0. The molecule has 11 heavy (non-hydrogen) atoms. The molecule has 0 aromatic heterocycles. The van der Waals surface area contributed by atoms with Crippen LogP contribution in [-0.2, 0) is 9.47 Å². The van der Waals surface area contributed by atoms with Crippen molar-refractivity contribution < 1.29 is 9.47 Å². The van der Waals surface area contributed by atoms with E-state index in [1.54, 1.807) is 0 Å². The Morgan fingerprint density at radius 3 is 2.82 bits per heavy atom. The minimum absolute atomic E-state index is 0.381. The van der Waals surface area contributed by atoms with Crippen molar-refractivity contribution in [3.63, 3.8) is 0 Å². The minimum atomic E-state index is 0.381. The molecule has 0 radical (unpaired) electrons. The van der Waals surface area contributed by atoms with Gasteiger partial charge in [-0.2, -0.15) is 0 Å². The molecule has 1 rings (SSSR count). The Kier molecular flexibility index (Phi) is 3.87. The smallest absolute Gasteiger partial charge is 0.0855 e. The molecule has 2 atom stereocenters. The summed E-state index contributed by atoms with van der Waals surface area (Å²) in [5.74, 6) is 0.705. The van der Waals surface area contributed by atoms with Gasteiger partial charge in [0, 0.05) is 12.5 Å². The molecule has 1 aliphatic heterocycles. The fourth-order valence-electron chi connectivity index (χ4n) is 1.08. The van der Waals surface area contributed by atoms with Crippen LogP contribution in [0.25, 0.3) is 0 Å². The van der Waals surface area contributed by atoms with Crippen LogP contribution in [0.3, 0.4) is 0 Å². The summed E-state index contributed by atoms with van der Waals surface area (Å²) in [7, 11) is 0. The lowest BCUT2D eigenvalue weighted by Gasteiger charge is -2.33. The number of hydrogen-bond acceptors (Lipinski definition) is 2. The highest BCUT2D eigenvalue weighted by Crippen LogP contribution is 2.19. The fraction of sp³-hybridized carbons (Fsp3) is 1.00. The lowest BCUT2D eigenvalue weighted by atomic mass is 10.0. The van der Waals surface area contributed by atoms with Gasteiger partial charge in [-0.3, -0.25) is 0 Å². The van der Waals surface area contributed by atoms with E-state index in [1.807, 2.05) is 0 Å². The van der Waals surface area contributed by atoms with Crippen LogP contribution in [0.15, 0.2) is 0 Å². The van der Waals surface area contributed by atoms with Crippen molar-refractivity contribution in [2.45, 2.75) is 32.8 Å². The van der Waals surface area contributed by atoms with Gasteiger partial charge in [-0.1, -0.05) is 20.3 Å². The van der Waals surface area contributed by atoms with Gasteiger partial charge in [0.15, 0.2) is 0 Å². The standard InChI is InChI=1S/C9H18O2/c1-3-4-5-10-7-9-8(2)6-11-9/h8-9H,3-7H2,1-2H3/t8-,9-/m1/s1. The second-order valence-corrected chi connectivity index (χ2v) is 3.28. The SMILES string of the molecule is CCCCOC[C@H]1OC[C@H]1C. The van der Waals surface area contributed by atoms with E-state index in [1.165, 1.54) is 12.8 Å². The van der Waals surface area contributed by atoms with Crippen molar-refractivity contribution >= 4 is 0 Å². The van der Waals surface area contributed by atoms with Crippen molar-refractivity contribution in [1.29, 1.82) is 0 Å². The molecule has 2 nitrogen and oxygen atoms in total. The van der Waals surface area contributed by atoms with Gasteiger partial charge in [0.05, 0.1) is 19.3 Å². The maximum Gasteiger partial charge on any atom is 0.0855 e. The molecule has 0 unspecified atom stereocenters. The first-order valence-electron chi connectivity index (χ1n) is 4.54. The molecule has 1 saturated heterocycles. The van der Waals surface area contributed by atoms with Crippen LogP contribution in [0.4, 0.5) is 0 Å². The summed E-state index contributed by atoms with van der Waals surface area (Å²) in [5.41, 5.74) is 0. The van der Waals surface area contributed by atoms with Gasteiger partial charge in [-0.15, -0.1) is 0 Å². The lowest BCUT2D eigenvalue weighted by molar-refractivity contribution is -0.139. The molecule has 2 heteroatoms. The second-order valence-electron chi connectivity index (χ2n) is 3.28. The Morgan fingerprint density at radius 1 is 1.55 bits per heavy atom. The summed E-state index contributed by atoms with van der Waals surface area (Å²) in [6, 6.07) is 0. The van der Waals surface area contributed by atoms with Gasteiger partial charge >= 0.3 is 0 Å². The molecule has 0 aromatic carbocycles. The van der Waals surface area contributed by atoms with Gasteiger partial charge in [0.25, 0.3) is 0 Å². The zero-order valence-corrected chi connectivity index (χ0v) is 7.51. The van der Waals surface area contributed by atoms with Crippen molar-refractivity contribution in [3.05, 3.63) is 0 Å². The van der Waals surface area contributed by atoms with Crippen LogP contribution in [0.5, 0.6) is 0 Å². The quantitative estimate of drug-likeness (QED) is 0.568. The van der Waals surface area contributed by atoms with E-state index in [4.69, 9.17) is 9.47 Å². The summed E-state index contributed by atoms with van der Waals surface area (Å²) >= 11 is 0. The zero-order valence-electron chi connectivity index (χ0n) is 7.51. The molecule has 0 aliphatic carbocycles. The van der Waals surface area contributed by atoms with Crippen LogP contribution in [0.2, 0.25) is 0 Å². The van der Waals surface area contributed by atoms with Gasteiger partial charge in [0.2, 0.25) is 0 Å². The summed E-state index contributed by atoms with van der Waals surface area (Å²) in [6.45, 7) is 6.98. The highest BCUT2D eigenvalue weighted by atomic mass is 16.5. The molecular weight excluding hydrogens is 140 g/mol. The van der Waals surface area contributed by atoms with Crippen molar-refractivity contribution in [1.82, 2.24) is 0 Å². The summed E-state index contributed by atoms with van der Waals surface area (Å²) < 4.78 is 10.7. The Labute approximate surface area is 68.9 Å². The molecule has 0 saturated carbocycles. The predicted molar refractivity (Wildman–Crippen MR) is 44.6 cm³/mol. The van der Waals surface area contributed by atoms with Crippen LogP contribution in [-0.4, -0.2) is 25.9 Å². The van der Waals surface area contributed by atoms with Gasteiger partial charge in [-0.25, -0.2) is 0 Å². The number of ether oxygens (including phenoxy) is 2. The van der Waals surface area contributed by atoms with E-state index < -0.39 is 0 Å². The van der Waals surface area contributed by atoms with Crippen molar-refractivity contribution in [3.8, 4) is 0 Å². The van der Waals surface area contributed by atoms with Crippen LogP contribution in [0, 0.1) is 5.92 Å². The first-order chi connectivity index (χ1) is 5.34. The third-order valence-electron chi connectivity index (χ3n) is 2.13. The first-order valence-corrected chi connectivity index (χ1v) is 4.54. The first kappa shape index (κ1) is 9.01. The molecule has 1 aliphatic rings. The topological polar surface area (TPSA) is 18.5 Å². The van der Waals surface area contributed by atoms with E-state index in [2.05, 4.69) is 13.8 Å². The monoisotopic (exact) mass is 158 g/mol. The predicted octanol–water partition coefficient (Wildman–Crippen LogP) is 1.84. The minimum Gasteiger partial charge on any atom is -0.379 e. The molecule has 0 bridgehead atoms. The normalized spacial score (nSPS) is 30.0. The van der Waals surface area contributed by atoms with Crippen LogP contribution < -0.4 is 0 Å². The van der Waals surface area contributed by atoms with Crippen molar-refractivity contribution in [2.75, 3.05) is 19.8 Å². The maximum absolute atomic E-state index is 5.42. The molecule has 0 spiro atoms. The van der Waals surface area contributed by atoms with Crippen LogP contribution >= 0.6 is 0 Å².